The summed E-state index contributed by atoms with van der Waals surface area (Å²) in [6, 6.07) is 28.3. The van der Waals surface area contributed by atoms with Gasteiger partial charge in [0.05, 0.1) is 5.41 Å². The molecule has 0 bridgehead atoms. The second-order valence-corrected chi connectivity index (χ2v) is 8.40. The number of carbonyl (C=O) groups excluding carboxylic acids is 2. The molecule has 1 heterocycles. The first-order valence-corrected chi connectivity index (χ1v) is 10.8. The van der Waals surface area contributed by atoms with Crippen molar-refractivity contribution in [2.24, 2.45) is 11.1 Å². The standard InChI is InChI=1S/C27H28N2O2/c28-26(31)27(19-23-13-7-8-14-24(23)22-11-5-2-6-12-22)17-18-29(20-27)25(30)16-15-21-9-3-1-4-10-21/h1-14H,15-20H2,(H2,28,31)/t27-/m1/s1. The number of nitrogens with two attached hydrogens (primary N) is 1. The highest BCUT2D eigenvalue weighted by Gasteiger charge is 2.44. The number of rotatable bonds is 7. The molecule has 3 aromatic carbocycles. The Morgan fingerprint density at radius 2 is 1.52 bits per heavy atom. The zero-order valence-corrected chi connectivity index (χ0v) is 17.7. The van der Waals surface area contributed by atoms with E-state index in [1.807, 2.05) is 65.6 Å². The van der Waals surface area contributed by atoms with Gasteiger partial charge < -0.3 is 10.6 Å². The molecule has 3 aromatic rings. The van der Waals surface area contributed by atoms with Gasteiger partial charge in [-0.1, -0.05) is 84.9 Å². The highest BCUT2D eigenvalue weighted by atomic mass is 16.2. The number of aryl methyl sites for hydroxylation is 1. The lowest BCUT2D eigenvalue weighted by Crippen LogP contribution is -2.42. The van der Waals surface area contributed by atoms with Gasteiger partial charge in [0.25, 0.3) is 0 Å². The van der Waals surface area contributed by atoms with E-state index in [1.54, 1.807) is 0 Å². The quantitative estimate of drug-likeness (QED) is 0.631. The van der Waals surface area contributed by atoms with Gasteiger partial charge in [-0.05, 0) is 41.5 Å². The lowest BCUT2D eigenvalue weighted by atomic mass is 9.78. The first-order valence-electron chi connectivity index (χ1n) is 10.8. The summed E-state index contributed by atoms with van der Waals surface area (Å²) in [5.41, 5.74) is 9.65. The summed E-state index contributed by atoms with van der Waals surface area (Å²) in [6.45, 7) is 0.961. The van der Waals surface area contributed by atoms with Gasteiger partial charge in [-0.25, -0.2) is 0 Å². The summed E-state index contributed by atoms with van der Waals surface area (Å²) >= 11 is 0. The van der Waals surface area contributed by atoms with Crippen molar-refractivity contribution in [1.29, 1.82) is 0 Å². The molecular weight excluding hydrogens is 384 g/mol. The fourth-order valence-electron chi connectivity index (χ4n) is 4.51. The number of hydrogen-bond acceptors (Lipinski definition) is 2. The number of carbonyl (C=O) groups is 2. The Kier molecular flexibility index (Phi) is 6.17. The van der Waals surface area contributed by atoms with Gasteiger partial charge in [0.15, 0.2) is 0 Å². The van der Waals surface area contributed by atoms with E-state index in [0.29, 0.717) is 38.8 Å². The van der Waals surface area contributed by atoms with Crippen LogP contribution >= 0.6 is 0 Å². The molecule has 1 saturated heterocycles. The van der Waals surface area contributed by atoms with E-state index in [-0.39, 0.29) is 11.8 Å². The molecule has 0 spiro atoms. The van der Waals surface area contributed by atoms with Crippen LogP contribution in [0.15, 0.2) is 84.9 Å². The van der Waals surface area contributed by atoms with Gasteiger partial charge in [-0.15, -0.1) is 0 Å². The highest BCUT2D eigenvalue weighted by Crippen LogP contribution is 2.37. The summed E-state index contributed by atoms with van der Waals surface area (Å²) in [4.78, 5) is 27.3. The molecule has 1 fully saturated rings. The van der Waals surface area contributed by atoms with Crippen molar-refractivity contribution in [3.8, 4) is 11.1 Å². The van der Waals surface area contributed by atoms with Crippen LogP contribution in [0.25, 0.3) is 11.1 Å². The fraction of sp³-hybridized carbons (Fsp3) is 0.259. The van der Waals surface area contributed by atoms with Crippen LogP contribution in [0, 0.1) is 5.41 Å². The van der Waals surface area contributed by atoms with Crippen molar-refractivity contribution in [2.45, 2.75) is 25.7 Å². The van der Waals surface area contributed by atoms with Crippen molar-refractivity contribution >= 4 is 11.8 Å². The largest absolute Gasteiger partial charge is 0.369 e. The predicted molar refractivity (Wildman–Crippen MR) is 123 cm³/mol. The van der Waals surface area contributed by atoms with Crippen molar-refractivity contribution in [3.63, 3.8) is 0 Å². The average molecular weight is 413 g/mol. The van der Waals surface area contributed by atoms with Crippen LogP contribution in [-0.2, 0) is 22.4 Å². The zero-order valence-electron chi connectivity index (χ0n) is 17.7. The first-order chi connectivity index (χ1) is 15.1. The Morgan fingerprint density at radius 3 is 2.23 bits per heavy atom. The first kappa shape index (κ1) is 20.9. The molecule has 0 radical (unpaired) electrons. The van der Waals surface area contributed by atoms with Crippen molar-refractivity contribution < 1.29 is 9.59 Å². The third-order valence-electron chi connectivity index (χ3n) is 6.33. The van der Waals surface area contributed by atoms with Crippen molar-refractivity contribution in [3.05, 3.63) is 96.1 Å². The number of benzene rings is 3. The van der Waals surface area contributed by atoms with Gasteiger partial charge in [0, 0.05) is 19.5 Å². The van der Waals surface area contributed by atoms with Crippen LogP contribution in [0.1, 0.15) is 24.0 Å². The highest BCUT2D eigenvalue weighted by molar-refractivity contribution is 5.85. The molecule has 0 aromatic heterocycles. The van der Waals surface area contributed by atoms with E-state index in [0.717, 1.165) is 22.3 Å². The summed E-state index contributed by atoms with van der Waals surface area (Å²) in [6.07, 6.45) is 2.29. The molecule has 158 valence electrons. The van der Waals surface area contributed by atoms with E-state index >= 15 is 0 Å². The molecule has 1 aliphatic rings. The number of nitrogens with zero attached hydrogens (tertiary/aromatic N) is 1. The molecule has 0 unspecified atom stereocenters. The minimum Gasteiger partial charge on any atom is -0.369 e. The summed E-state index contributed by atoms with van der Waals surface area (Å²) in [5, 5.41) is 0. The summed E-state index contributed by atoms with van der Waals surface area (Å²) in [7, 11) is 0. The molecule has 2 amide bonds. The minimum atomic E-state index is -0.729. The van der Waals surface area contributed by atoms with E-state index in [9.17, 15) is 9.59 Å². The van der Waals surface area contributed by atoms with Gasteiger partial charge in [-0.3, -0.25) is 9.59 Å². The van der Waals surface area contributed by atoms with Crippen LogP contribution in [-0.4, -0.2) is 29.8 Å². The topological polar surface area (TPSA) is 63.4 Å². The molecule has 1 atom stereocenters. The third kappa shape index (κ3) is 4.69. The van der Waals surface area contributed by atoms with E-state index in [4.69, 9.17) is 5.73 Å². The normalized spacial score (nSPS) is 18.1. The Labute approximate surface area is 183 Å². The van der Waals surface area contributed by atoms with Crippen LogP contribution < -0.4 is 5.73 Å². The fourth-order valence-corrected chi connectivity index (χ4v) is 4.51. The second kappa shape index (κ2) is 9.17. The van der Waals surface area contributed by atoms with Crippen molar-refractivity contribution in [2.75, 3.05) is 13.1 Å². The zero-order chi connectivity index (χ0) is 21.7. The van der Waals surface area contributed by atoms with E-state index < -0.39 is 5.41 Å². The average Bonchev–Trinajstić information content (AvgIpc) is 3.25. The van der Waals surface area contributed by atoms with Gasteiger partial charge in [0.2, 0.25) is 11.8 Å². The molecular formula is C27H28N2O2. The summed E-state index contributed by atoms with van der Waals surface area (Å²) in [5.74, 6) is -0.239. The summed E-state index contributed by atoms with van der Waals surface area (Å²) < 4.78 is 0. The maximum Gasteiger partial charge on any atom is 0.225 e. The van der Waals surface area contributed by atoms with E-state index in [1.165, 1.54) is 0 Å². The smallest absolute Gasteiger partial charge is 0.225 e. The molecule has 4 rings (SSSR count). The van der Waals surface area contributed by atoms with Crippen molar-refractivity contribution in [1.82, 2.24) is 4.90 Å². The number of hydrogen-bond donors (Lipinski definition) is 1. The lowest BCUT2D eigenvalue weighted by molar-refractivity contribution is -0.132. The van der Waals surface area contributed by atoms with Gasteiger partial charge in [-0.2, -0.15) is 0 Å². The monoisotopic (exact) mass is 412 g/mol. The van der Waals surface area contributed by atoms with Crippen LogP contribution in [0.4, 0.5) is 0 Å². The molecule has 2 N–H and O–H groups in total. The SMILES string of the molecule is NC(=O)[C@@]1(Cc2ccccc2-c2ccccc2)CCN(C(=O)CCc2ccccc2)C1. The van der Waals surface area contributed by atoms with Gasteiger partial charge in [0.1, 0.15) is 0 Å². The van der Waals surface area contributed by atoms with Gasteiger partial charge >= 0.3 is 0 Å². The molecule has 4 nitrogen and oxygen atoms in total. The Hall–Kier alpha value is -3.40. The van der Waals surface area contributed by atoms with Crippen LogP contribution in [0.2, 0.25) is 0 Å². The van der Waals surface area contributed by atoms with Crippen LogP contribution in [0.3, 0.4) is 0 Å². The number of amides is 2. The Morgan fingerprint density at radius 1 is 0.871 bits per heavy atom. The maximum atomic E-state index is 12.8. The second-order valence-electron chi connectivity index (χ2n) is 8.40. The molecule has 0 aliphatic carbocycles. The maximum absolute atomic E-state index is 12.8. The molecule has 4 heteroatoms. The van der Waals surface area contributed by atoms with Crippen LogP contribution in [0.5, 0.6) is 0 Å². The number of likely N-dealkylation sites (tertiary alicyclic amines) is 1. The number of primary amides is 1. The Balaban J connectivity index is 1.50. The molecule has 1 aliphatic heterocycles. The Bertz CT molecular complexity index is 1050. The minimum absolute atomic E-state index is 0.0864. The predicted octanol–water partition coefficient (Wildman–Crippen LogP) is 4.23. The van der Waals surface area contributed by atoms with E-state index in [2.05, 4.69) is 24.3 Å². The lowest BCUT2D eigenvalue weighted by Gasteiger charge is -2.27. The molecule has 0 saturated carbocycles. The third-order valence-corrected chi connectivity index (χ3v) is 6.33. The molecule has 31 heavy (non-hydrogen) atoms.